The van der Waals surface area contributed by atoms with Crippen molar-refractivity contribution in [1.82, 2.24) is 24.4 Å². The first-order chi connectivity index (χ1) is 18.9. The highest BCUT2D eigenvalue weighted by molar-refractivity contribution is 7.91. The maximum atomic E-state index is 14.0. The minimum Gasteiger partial charge on any atom is -0.349 e. The number of halogens is 1. The number of thiazole rings is 1. The summed E-state index contributed by atoms with van der Waals surface area (Å²) < 4.78 is 29.8. The zero-order valence-corrected chi connectivity index (χ0v) is 25.8. The molecule has 214 valence electrons. The van der Waals surface area contributed by atoms with Crippen molar-refractivity contribution >= 4 is 72.0 Å². The van der Waals surface area contributed by atoms with Crippen molar-refractivity contribution in [2.24, 2.45) is 0 Å². The molecule has 5 rings (SSSR count). The quantitative estimate of drug-likeness (QED) is 0.419. The molecule has 0 aliphatic carbocycles. The largest absolute Gasteiger partial charge is 0.349 e. The molecule has 0 saturated carbocycles. The lowest BCUT2D eigenvalue weighted by atomic mass is 10.1. The highest BCUT2D eigenvalue weighted by Crippen LogP contribution is 2.38. The van der Waals surface area contributed by atoms with Gasteiger partial charge in [0.15, 0.2) is 10.8 Å². The van der Waals surface area contributed by atoms with Gasteiger partial charge in [-0.25, -0.2) is 13.4 Å². The number of piperazine rings is 1. The molecule has 1 saturated heterocycles. The van der Waals surface area contributed by atoms with Crippen LogP contribution in [0.5, 0.6) is 0 Å². The molecule has 4 heterocycles. The molecule has 2 aliphatic rings. The SMILES string of the molecule is CC(=O)c1c(S(=O)(=O)N2CCN(C(=O)c3nc4c(s3)CNC(C)C4)C(CC(=O)N(C)C)C2)sc2cc(Cl)ccc12. The average molecular weight is 624 g/mol. The second-order valence-corrected chi connectivity index (χ2v) is 15.0. The molecule has 0 spiro atoms. The van der Waals surface area contributed by atoms with Gasteiger partial charge in [-0.1, -0.05) is 17.7 Å². The zero-order chi connectivity index (χ0) is 28.9. The lowest BCUT2D eigenvalue weighted by Crippen LogP contribution is -2.57. The molecular formula is C26H30ClN5O5S3. The number of ketones is 1. The Hall–Kier alpha value is -2.42. The summed E-state index contributed by atoms with van der Waals surface area (Å²) in [6.45, 7) is 4.09. The van der Waals surface area contributed by atoms with E-state index in [0.717, 1.165) is 28.3 Å². The normalized spacial score (nSPS) is 20.0. The standard InChI is InChI=1S/C26H30ClN5O5S3/c1-14-9-19-21(12-28-14)38-24(29-19)25(35)32-8-7-31(13-17(32)11-22(34)30(3)4)40(36,37)26-23(15(2)33)18-6-5-16(27)10-20(18)39-26/h5-6,10,14,17,28H,7-9,11-13H2,1-4H3. The van der Waals surface area contributed by atoms with E-state index in [1.807, 2.05) is 0 Å². The third-order valence-corrected chi connectivity index (χ3v) is 12.1. The third kappa shape index (κ3) is 5.42. The number of carbonyl (C=O) groups is 3. The molecule has 2 amide bonds. The van der Waals surface area contributed by atoms with Crippen LogP contribution in [0.15, 0.2) is 22.4 Å². The van der Waals surface area contributed by atoms with Gasteiger partial charge in [-0.15, -0.1) is 22.7 Å². The predicted molar refractivity (Wildman–Crippen MR) is 156 cm³/mol. The van der Waals surface area contributed by atoms with Crippen LogP contribution in [0, 0.1) is 0 Å². The Bertz CT molecular complexity index is 1620. The highest BCUT2D eigenvalue weighted by Gasteiger charge is 2.41. The number of nitrogens with zero attached hydrogens (tertiary/aromatic N) is 4. The van der Waals surface area contributed by atoms with Gasteiger partial charge in [0.05, 0.1) is 17.3 Å². The summed E-state index contributed by atoms with van der Waals surface area (Å²) in [4.78, 5) is 47.7. The predicted octanol–water partition coefficient (Wildman–Crippen LogP) is 3.24. The molecule has 3 aromatic rings. The van der Waals surface area contributed by atoms with E-state index in [9.17, 15) is 22.8 Å². The molecule has 1 N–H and O–H groups in total. The van der Waals surface area contributed by atoms with Crippen LogP contribution in [0.4, 0.5) is 0 Å². The van der Waals surface area contributed by atoms with Crippen molar-refractivity contribution < 1.29 is 22.8 Å². The van der Waals surface area contributed by atoms with E-state index >= 15 is 0 Å². The third-order valence-electron chi connectivity index (χ3n) is 7.23. The molecule has 1 fully saturated rings. The summed E-state index contributed by atoms with van der Waals surface area (Å²) in [5.74, 6) is -0.891. The van der Waals surface area contributed by atoms with E-state index in [0.29, 0.717) is 26.7 Å². The average Bonchev–Trinajstić information content (AvgIpc) is 3.49. The Kier molecular flexibility index (Phi) is 8.07. The van der Waals surface area contributed by atoms with Gasteiger partial charge in [0.1, 0.15) is 4.21 Å². The topological polar surface area (TPSA) is 120 Å². The van der Waals surface area contributed by atoms with Gasteiger partial charge >= 0.3 is 0 Å². The van der Waals surface area contributed by atoms with Crippen molar-refractivity contribution in [3.63, 3.8) is 0 Å². The van der Waals surface area contributed by atoms with Gasteiger partial charge in [0, 0.05) is 79.1 Å². The number of carbonyl (C=O) groups excluding carboxylic acids is 3. The number of hydrogen-bond acceptors (Lipinski definition) is 9. The van der Waals surface area contributed by atoms with Crippen molar-refractivity contribution in [2.75, 3.05) is 33.7 Å². The monoisotopic (exact) mass is 623 g/mol. The molecule has 40 heavy (non-hydrogen) atoms. The van der Waals surface area contributed by atoms with E-state index in [1.165, 1.54) is 27.5 Å². The second kappa shape index (κ2) is 11.1. The fourth-order valence-electron chi connectivity index (χ4n) is 5.08. The van der Waals surface area contributed by atoms with Crippen molar-refractivity contribution in [1.29, 1.82) is 0 Å². The molecule has 10 nitrogen and oxygen atoms in total. The Balaban J connectivity index is 1.47. The number of sulfonamides is 1. The van der Waals surface area contributed by atoms with E-state index in [4.69, 9.17) is 11.6 Å². The molecule has 1 aromatic carbocycles. The van der Waals surface area contributed by atoms with Crippen LogP contribution in [0.1, 0.15) is 51.0 Å². The number of amides is 2. The van der Waals surface area contributed by atoms with Gasteiger partial charge < -0.3 is 15.1 Å². The highest BCUT2D eigenvalue weighted by atomic mass is 35.5. The zero-order valence-electron chi connectivity index (χ0n) is 22.6. The summed E-state index contributed by atoms with van der Waals surface area (Å²) in [7, 11) is -0.877. The Morgan fingerprint density at radius 1 is 1.20 bits per heavy atom. The number of aromatic nitrogens is 1. The number of rotatable bonds is 6. The Morgan fingerprint density at radius 2 is 1.95 bits per heavy atom. The number of benzene rings is 1. The maximum absolute atomic E-state index is 14.0. The van der Waals surface area contributed by atoms with Crippen molar-refractivity contribution in [3.05, 3.63) is 44.4 Å². The molecule has 2 atom stereocenters. The number of Topliss-reactive ketones (excluding diaryl/α,β-unsaturated/α-hetero) is 1. The molecule has 14 heteroatoms. The van der Waals surface area contributed by atoms with Gasteiger partial charge in [-0.3, -0.25) is 14.4 Å². The molecule has 2 aromatic heterocycles. The van der Waals surface area contributed by atoms with Crippen molar-refractivity contribution in [3.8, 4) is 0 Å². The summed E-state index contributed by atoms with van der Waals surface area (Å²) in [5.41, 5.74) is 1.04. The van der Waals surface area contributed by atoms with Crippen molar-refractivity contribution in [2.45, 2.75) is 49.5 Å². The van der Waals surface area contributed by atoms with Crippen LogP contribution in [-0.4, -0.2) is 90.9 Å². The minimum atomic E-state index is -4.12. The lowest BCUT2D eigenvalue weighted by Gasteiger charge is -2.40. The van der Waals surface area contributed by atoms with Crippen LogP contribution >= 0.6 is 34.3 Å². The summed E-state index contributed by atoms with van der Waals surface area (Å²) >= 11 is 8.47. The second-order valence-electron chi connectivity index (χ2n) is 10.3. The molecule has 2 aliphatic heterocycles. The van der Waals surface area contributed by atoms with Gasteiger partial charge in [0.2, 0.25) is 5.91 Å². The first-order valence-electron chi connectivity index (χ1n) is 12.8. The molecule has 0 bridgehead atoms. The first kappa shape index (κ1) is 29.1. The van der Waals surface area contributed by atoms with Crippen LogP contribution in [0.25, 0.3) is 10.1 Å². The van der Waals surface area contributed by atoms with E-state index in [2.05, 4.69) is 17.2 Å². The van der Waals surface area contributed by atoms with Crippen LogP contribution in [0.2, 0.25) is 5.02 Å². The number of nitrogens with one attached hydrogen (secondary N) is 1. The summed E-state index contributed by atoms with van der Waals surface area (Å²) in [6.07, 6.45) is 0.683. The molecular weight excluding hydrogens is 594 g/mol. The number of thiophene rings is 1. The summed E-state index contributed by atoms with van der Waals surface area (Å²) in [5, 5.41) is 4.69. The van der Waals surface area contributed by atoms with E-state index in [-0.39, 0.29) is 59.5 Å². The van der Waals surface area contributed by atoms with Crippen LogP contribution in [-0.2, 0) is 27.8 Å². The smallest absolute Gasteiger partial charge is 0.283 e. The van der Waals surface area contributed by atoms with Crippen LogP contribution < -0.4 is 5.32 Å². The lowest BCUT2D eigenvalue weighted by molar-refractivity contribution is -0.130. The molecule has 2 unspecified atom stereocenters. The number of fused-ring (bicyclic) bond motifs is 2. The van der Waals surface area contributed by atoms with Gasteiger partial charge in [-0.05, 0) is 26.0 Å². The maximum Gasteiger partial charge on any atom is 0.283 e. The minimum absolute atomic E-state index is 0.0246. The number of hydrogen-bond donors (Lipinski definition) is 1. The Labute approximate surface area is 246 Å². The molecule has 0 radical (unpaired) electrons. The first-order valence-corrected chi connectivity index (χ1v) is 16.3. The summed E-state index contributed by atoms with van der Waals surface area (Å²) in [6, 6.07) is 4.49. The fraction of sp³-hybridized carbons (Fsp3) is 0.462. The van der Waals surface area contributed by atoms with E-state index in [1.54, 1.807) is 37.2 Å². The van der Waals surface area contributed by atoms with E-state index < -0.39 is 16.1 Å². The Morgan fingerprint density at radius 3 is 2.65 bits per heavy atom. The van der Waals surface area contributed by atoms with Gasteiger partial charge in [0.25, 0.3) is 15.9 Å². The van der Waals surface area contributed by atoms with Crippen LogP contribution in [0.3, 0.4) is 0 Å². The fourth-order valence-corrected chi connectivity index (χ4v) is 9.77. The van der Waals surface area contributed by atoms with Gasteiger partial charge in [-0.2, -0.15) is 4.31 Å².